The second kappa shape index (κ2) is 9.31. The number of carbonyl (C=O) groups is 1. The highest BCUT2D eigenvalue weighted by Crippen LogP contribution is 2.18. The van der Waals surface area contributed by atoms with Crippen molar-refractivity contribution in [3.8, 4) is 5.75 Å². The molecule has 1 rings (SSSR count). The van der Waals surface area contributed by atoms with E-state index in [-0.39, 0.29) is 18.6 Å². The molecule has 1 unspecified atom stereocenters. The Morgan fingerprint density at radius 1 is 1.48 bits per heavy atom. The third kappa shape index (κ3) is 7.06. The lowest BCUT2D eigenvalue weighted by Crippen LogP contribution is -2.30. The van der Waals surface area contributed by atoms with Gasteiger partial charge in [-0.3, -0.25) is 9.78 Å². The standard InChI is InChI=1S/C15H25N3O3/c1-11(16)9-13-14(6-5-12(2)18-13)21-10-15(19)17-7-4-8-20-3/h5-6,11H,4,7-10,16H2,1-3H3,(H,17,19). The molecule has 0 fully saturated rings. The molecule has 0 radical (unpaired) electrons. The Morgan fingerprint density at radius 2 is 2.24 bits per heavy atom. The molecular formula is C15H25N3O3. The minimum absolute atomic E-state index is 0.00970. The SMILES string of the molecule is COCCCNC(=O)COc1ccc(C)nc1CC(C)N. The van der Waals surface area contributed by atoms with E-state index in [1.807, 2.05) is 26.0 Å². The van der Waals surface area contributed by atoms with Gasteiger partial charge in [-0.05, 0) is 32.4 Å². The van der Waals surface area contributed by atoms with E-state index in [0.29, 0.717) is 25.3 Å². The first kappa shape index (κ1) is 17.4. The Bertz CT molecular complexity index is 450. The number of hydrogen-bond acceptors (Lipinski definition) is 5. The van der Waals surface area contributed by atoms with Gasteiger partial charge in [0.25, 0.3) is 5.91 Å². The van der Waals surface area contributed by atoms with Crippen LogP contribution >= 0.6 is 0 Å². The molecular weight excluding hydrogens is 270 g/mol. The quantitative estimate of drug-likeness (QED) is 0.658. The Kier molecular flexibility index (Phi) is 7.71. The lowest BCUT2D eigenvalue weighted by Gasteiger charge is -2.13. The van der Waals surface area contributed by atoms with E-state index in [0.717, 1.165) is 17.8 Å². The zero-order chi connectivity index (χ0) is 15.7. The summed E-state index contributed by atoms with van der Waals surface area (Å²) < 4.78 is 10.5. The summed E-state index contributed by atoms with van der Waals surface area (Å²) in [5.74, 6) is 0.461. The zero-order valence-corrected chi connectivity index (χ0v) is 13.0. The van der Waals surface area contributed by atoms with Gasteiger partial charge >= 0.3 is 0 Å². The third-order valence-electron chi connectivity index (χ3n) is 2.79. The van der Waals surface area contributed by atoms with Crippen LogP contribution in [0.1, 0.15) is 24.7 Å². The largest absolute Gasteiger partial charge is 0.482 e. The Labute approximate surface area is 126 Å². The molecule has 1 atom stereocenters. The van der Waals surface area contributed by atoms with Crippen molar-refractivity contribution in [2.24, 2.45) is 5.73 Å². The first-order valence-corrected chi connectivity index (χ1v) is 7.13. The van der Waals surface area contributed by atoms with Gasteiger partial charge in [0.05, 0.1) is 5.69 Å². The van der Waals surface area contributed by atoms with Gasteiger partial charge in [-0.15, -0.1) is 0 Å². The van der Waals surface area contributed by atoms with Crippen LogP contribution in [0.4, 0.5) is 0 Å². The number of amides is 1. The second-order valence-corrected chi connectivity index (χ2v) is 5.06. The lowest BCUT2D eigenvalue weighted by molar-refractivity contribution is -0.123. The summed E-state index contributed by atoms with van der Waals surface area (Å²) in [5.41, 5.74) is 7.50. The smallest absolute Gasteiger partial charge is 0.257 e. The minimum Gasteiger partial charge on any atom is -0.482 e. The van der Waals surface area contributed by atoms with Gasteiger partial charge in [-0.25, -0.2) is 0 Å². The number of aryl methyl sites for hydroxylation is 1. The fourth-order valence-corrected chi connectivity index (χ4v) is 1.82. The molecule has 0 aliphatic carbocycles. The van der Waals surface area contributed by atoms with Gasteiger partial charge in [-0.1, -0.05) is 0 Å². The number of nitrogens with two attached hydrogens (primary N) is 1. The van der Waals surface area contributed by atoms with E-state index >= 15 is 0 Å². The number of carbonyl (C=O) groups excluding carboxylic acids is 1. The maximum absolute atomic E-state index is 11.7. The first-order chi connectivity index (χ1) is 10.0. The van der Waals surface area contributed by atoms with Crippen molar-refractivity contribution in [3.63, 3.8) is 0 Å². The number of methoxy groups -OCH3 is 1. The highest BCUT2D eigenvalue weighted by atomic mass is 16.5. The normalized spacial score (nSPS) is 12.0. The topological polar surface area (TPSA) is 86.5 Å². The van der Waals surface area contributed by atoms with Crippen LogP contribution in [0.15, 0.2) is 12.1 Å². The van der Waals surface area contributed by atoms with Crippen molar-refractivity contribution in [2.75, 3.05) is 26.9 Å². The van der Waals surface area contributed by atoms with Crippen molar-refractivity contribution in [1.29, 1.82) is 0 Å². The van der Waals surface area contributed by atoms with E-state index < -0.39 is 0 Å². The summed E-state index contributed by atoms with van der Waals surface area (Å²) in [6, 6.07) is 3.68. The van der Waals surface area contributed by atoms with E-state index in [1.54, 1.807) is 7.11 Å². The molecule has 118 valence electrons. The number of nitrogens with one attached hydrogen (secondary N) is 1. The summed E-state index contributed by atoms with van der Waals surface area (Å²) in [7, 11) is 1.63. The van der Waals surface area contributed by atoms with Gasteiger partial charge < -0.3 is 20.5 Å². The monoisotopic (exact) mass is 295 g/mol. The molecule has 0 bridgehead atoms. The van der Waals surface area contributed by atoms with Gasteiger partial charge in [-0.2, -0.15) is 0 Å². The molecule has 1 aromatic rings. The van der Waals surface area contributed by atoms with Gasteiger partial charge in [0.15, 0.2) is 6.61 Å². The van der Waals surface area contributed by atoms with E-state index in [4.69, 9.17) is 15.2 Å². The number of aromatic nitrogens is 1. The summed E-state index contributed by atoms with van der Waals surface area (Å²) in [5, 5.41) is 2.77. The Hall–Kier alpha value is -1.66. The van der Waals surface area contributed by atoms with Gasteiger partial charge in [0, 0.05) is 38.4 Å². The zero-order valence-electron chi connectivity index (χ0n) is 13.0. The van der Waals surface area contributed by atoms with Crippen molar-refractivity contribution in [3.05, 3.63) is 23.5 Å². The van der Waals surface area contributed by atoms with Crippen molar-refractivity contribution >= 4 is 5.91 Å². The molecule has 0 saturated heterocycles. The van der Waals surface area contributed by atoms with Crippen LogP contribution in [0, 0.1) is 6.92 Å². The molecule has 1 heterocycles. The highest BCUT2D eigenvalue weighted by Gasteiger charge is 2.10. The number of pyridine rings is 1. The van der Waals surface area contributed by atoms with E-state index in [9.17, 15) is 4.79 Å². The Morgan fingerprint density at radius 3 is 2.90 bits per heavy atom. The van der Waals surface area contributed by atoms with E-state index in [2.05, 4.69) is 10.3 Å². The van der Waals surface area contributed by atoms with Crippen LogP contribution in [-0.4, -0.2) is 43.8 Å². The highest BCUT2D eigenvalue weighted by molar-refractivity contribution is 5.77. The molecule has 21 heavy (non-hydrogen) atoms. The predicted octanol–water partition coefficient (Wildman–Crippen LogP) is 0.811. The summed E-state index contributed by atoms with van der Waals surface area (Å²) in [6.45, 7) is 5.01. The second-order valence-electron chi connectivity index (χ2n) is 5.06. The van der Waals surface area contributed by atoms with Crippen LogP contribution in [0.2, 0.25) is 0 Å². The summed E-state index contributed by atoms with van der Waals surface area (Å²) in [4.78, 5) is 16.1. The average Bonchev–Trinajstić information content (AvgIpc) is 2.42. The molecule has 6 heteroatoms. The maximum atomic E-state index is 11.7. The number of hydrogen-bond donors (Lipinski definition) is 2. The number of rotatable bonds is 9. The molecule has 0 aromatic carbocycles. The predicted molar refractivity (Wildman–Crippen MR) is 81.3 cm³/mol. The molecule has 1 aromatic heterocycles. The third-order valence-corrected chi connectivity index (χ3v) is 2.79. The molecule has 0 spiro atoms. The summed E-state index contributed by atoms with van der Waals surface area (Å²) >= 11 is 0. The van der Waals surface area contributed by atoms with Gasteiger partial charge in [0.2, 0.25) is 0 Å². The average molecular weight is 295 g/mol. The maximum Gasteiger partial charge on any atom is 0.257 e. The molecule has 1 amide bonds. The molecule has 0 aliphatic rings. The lowest BCUT2D eigenvalue weighted by atomic mass is 10.1. The van der Waals surface area contributed by atoms with E-state index in [1.165, 1.54) is 0 Å². The van der Waals surface area contributed by atoms with Crippen LogP contribution in [0.3, 0.4) is 0 Å². The van der Waals surface area contributed by atoms with Crippen LogP contribution in [0.25, 0.3) is 0 Å². The first-order valence-electron chi connectivity index (χ1n) is 7.13. The summed E-state index contributed by atoms with van der Waals surface area (Å²) in [6.07, 6.45) is 1.40. The Balaban J connectivity index is 2.48. The van der Waals surface area contributed by atoms with Crippen molar-refractivity contribution in [2.45, 2.75) is 32.7 Å². The molecule has 0 saturated carbocycles. The fourth-order valence-electron chi connectivity index (χ4n) is 1.82. The van der Waals surface area contributed by atoms with Crippen molar-refractivity contribution in [1.82, 2.24) is 10.3 Å². The molecule has 0 aliphatic heterocycles. The molecule has 3 N–H and O–H groups in total. The molecule has 6 nitrogen and oxygen atoms in total. The van der Waals surface area contributed by atoms with Crippen LogP contribution in [-0.2, 0) is 16.0 Å². The van der Waals surface area contributed by atoms with Crippen molar-refractivity contribution < 1.29 is 14.3 Å². The number of nitrogens with zero attached hydrogens (tertiary/aromatic N) is 1. The van der Waals surface area contributed by atoms with Crippen LogP contribution < -0.4 is 15.8 Å². The number of ether oxygens (including phenoxy) is 2. The van der Waals surface area contributed by atoms with Crippen LogP contribution in [0.5, 0.6) is 5.75 Å². The van der Waals surface area contributed by atoms with Gasteiger partial charge in [0.1, 0.15) is 5.75 Å². The minimum atomic E-state index is -0.154. The fraction of sp³-hybridized carbons (Fsp3) is 0.600.